The lowest BCUT2D eigenvalue weighted by atomic mass is 10.2. The number of anilines is 1. The molecule has 0 spiro atoms. The second-order valence-corrected chi connectivity index (χ2v) is 7.10. The molecule has 1 amide bonds. The van der Waals surface area contributed by atoms with Crippen LogP contribution in [0.3, 0.4) is 0 Å². The normalized spacial score (nSPS) is 14.7. The Morgan fingerprint density at radius 3 is 2.80 bits per heavy atom. The van der Waals surface area contributed by atoms with E-state index in [1.165, 1.54) is 4.88 Å². The highest BCUT2D eigenvalue weighted by Gasteiger charge is 2.23. The molecule has 0 aliphatic carbocycles. The third-order valence-corrected chi connectivity index (χ3v) is 5.14. The lowest BCUT2D eigenvalue weighted by Gasteiger charge is -2.18. The van der Waals surface area contributed by atoms with Crippen molar-refractivity contribution < 1.29 is 9.21 Å². The molecule has 1 aliphatic rings. The van der Waals surface area contributed by atoms with Gasteiger partial charge < -0.3 is 9.73 Å². The van der Waals surface area contributed by atoms with Crippen LogP contribution in [0, 0.1) is 0 Å². The maximum atomic E-state index is 12.3. The molecule has 25 heavy (non-hydrogen) atoms. The topological polar surface area (TPSA) is 58.4 Å². The van der Waals surface area contributed by atoms with E-state index in [2.05, 4.69) is 32.7 Å². The van der Waals surface area contributed by atoms with E-state index in [-0.39, 0.29) is 11.8 Å². The van der Waals surface area contributed by atoms with Crippen LogP contribution in [0.4, 0.5) is 5.69 Å². The molecule has 0 atom stereocenters. The van der Waals surface area contributed by atoms with Crippen LogP contribution in [0.25, 0.3) is 0 Å². The van der Waals surface area contributed by atoms with E-state index in [9.17, 15) is 4.79 Å². The van der Waals surface area contributed by atoms with E-state index in [1.54, 1.807) is 11.3 Å². The Bertz CT molecular complexity index is 817. The molecule has 1 aliphatic heterocycles. The van der Waals surface area contributed by atoms with Gasteiger partial charge in [-0.05, 0) is 23.6 Å². The summed E-state index contributed by atoms with van der Waals surface area (Å²) in [5.41, 5.74) is 1.65. The summed E-state index contributed by atoms with van der Waals surface area (Å²) >= 11 is 1.78. The Morgan fingerprint density at radius 1 is 1.16 bits per heavy atom. The molecular weight excluding hydrogens is 334 g/mol. The van der Waals surface area contributed by atoms with E-state index in [0.717, 1.165) is 49.6 Å². The number of fused-ring (bicyclic) bond motifs is 1. The number of nitrogens with one attached hydrogen (secondary N) is 1. The fraction of sp³-hybridized carbons (Fsp3) is 0.263. The fourth-order valence-electron chi connectivity index (χ4n) is 2.99. The van der Waals surface area contributed by atoms with Gasteiger partial charge in [-0.2, -0.15) is 0 Å². The van der Waals surface area contributed by atoms with Crippen molar-refractivity contribution in [3.05, 3.63) is 70.1 Å². The zero-order valence-electron chi connectivity index (χ0n) is 13.8. The number of hydrogen-bond donors (Lipinski definition) is 1. The van der Waals surface area contributed by atoms with Gasteiger partial charge in [-0.3, -0.25) is 9.69 Å². The number of carbonyl (C=O) groups excluding carboxylic acids is 1. The Hall–Kier alpha value is -2.44. The number of nitrogens with zero attached hydrogens (tertiary/aromatic N) is 2. The molecule has 1 aromatic carbocycles. The van der Waals surface area contributed by atoms with Crippen LogP contribution in [-0.4, -0.2) is 28.9 Å². The van der Waals surface area contributed by atoms with Gasteiger partial charge in [0.25, 0.3) is 5.89 Å². The number of carbonyl (C=O) groups is 1. The number of thiophene rings is 1. The van der Waals surface area contributed by atoms with Crippen LogP contribution >= 0.6 is 11.3 Å². The molecule has 1 N–H and O–H groups in total. The van der Waals surface area contributed by atoms with Crippen molar-refractivity contribution in [3.8, 4) is 0 Å². The molecule has 0 bridgehead atoms. The van der Waals surface area contributed by atoms with Crippen molar-refractivity contribution in [1.82, 2.24) is 9.88 Å². The maximum Gasteiger partial charge on any atom is 0.311 e. The third kappa shape index (κ3) is 3.81. The summed E-state index contributed by atoms with van der Waals surface area (Å²) < 4.78 is 5.76. The fourth-order valence-corrected chi connectivity index (χ4v) is 3.74. The summed E-state index contributed by atoms with van der Waals surface area (Å²) in [6.07, 6.45) is 1.59. The minimum atomic E-state index is -0.297. The van der Waals surface area contributed by atoms with Crippen LogP contribution in [0.1, 0.15) is 27.0 Å². The average Bonchev–Trinajstić information content (AvgIpc) is 3.24. The molecule has 0 radical (unpaired) electrons. The average molecular weight is 353 g/mol. The second-order valence-electron chi connectivity index (χ2n) is 6.06. The van der Waals surface area contributed by atoms with Crippen molar-refractivity contribution in [2.75, 3.05) is 18.4 Å². The van der Waals surface area contributed by atoms with Gasteiger partial charge in [0.1, 0.15) is 5.76 Å². The number of aromatic nitrogens is 1. The van der Waals surface area contributed by atoms with Gasteiger partial charge in [0.2, 0.25) is 0 Å². The highest BCUT2D eigenvalue weighted by atomic mass is 32.1. The first kappa shape index (κ1) is 16.1. The zero-order valence-corrected chi connectivity index (χ0v) is 14.6. The summed E-state index contributed by atoms with van der Waals surface area (Å²) in [5, 5.41) is 4.92. The van der Waals surface area contributed by atoms with E-state index in [4.69, 9.17) is 4.42 Å². The summed E-state index contributed by atoms with van der Waals surface area (Å²) in [4.78, 5) is 20.5. The van der Waals surface area contributed by atoms with Crippen molar-refractivity contribution in [3.63, 3.8) is 0 Å². The van der Waals surface area contributed by atoms with Gasteiger partial charge in [0.15, 0.2) is 0 Å². The van der Waals surface area contributed by atoms with Crippen LogP contribution < -0.4 is 5.32 Å². The minimum Gasteiger partial charge on any atom is -0.437 e. The van der Waals surface area contributed by atoms with Gasteiger partial charge in [-0.1, -0.05) is 24.3 Å². The van der Waals surface area contributed by atoms with Crippen LogP contribution in [-0.2, 0) is 19.4 Å². The first-order chi connectivity index (χ1) is 12.3. The van der Waals surface area contributed by atoms with E-state index < -0.39 is 0 Å². The molecule has 6 heteroatoms. The van der Waals surface area contributed by atoms with E-state index >= 15 is 0 Å². The molecule has 2 aromatic heterocycles. The minimum absolute atomic E-state index is 0.153. The first-order valence-electron chi connectivity index (χ1n) is 8.37. The highest BCUT2D eigenvalue weighted by molar-refractivity contribution is 7.09. The number of amides is 1. The molecular formula is C19H19N3O2S. The molecule has 3 heterocycles. The SMILES string of the molecule is O=C(Nc1ccccc1)c1nc2c(o1)CCN(Cc1cccs1)CC2. The summed E-state index contributed by atoms with van der Waals surface area (Å²) in [6, 6.07) is 13.6. The quantitative estimate of drug-likeness (QED) is 0.779. The van der Waals surface area contributed by atoms with Crippen LogP contribution in [0.2, 0.25) is 0 Å². The zero-order chi connectivity index (χ0) is 17.1. The summed E-state index contributed by atoms with van der Waals surface area (Å²) in [5.74, 6) is 0.696. The Kier molecular flexibility index (Phi) is 4.63. The van der Waals surface area contributed by atoms with E-state index in [1.807, 2.05) is 30.3 Å². The molecule has 0 saturated carbocycles. The van der Waals surface area contributed by atoms with Crippen molar-refractivity contribution in [2.24, 2.45) is 0 Å². The Morgan fingerprint density at radius 2 is 2.00 bits per heavy atom. The standard InChI is InChI=1S/C19H19N3O2S/c23-18(20-14-5-2-1-3-6-14)19-21-16-8-10-22(11-9-17(16)24-19)13-15-7-4-12-25-15/h1-7,12H,8-11,13H2,(H,20,23). The molecule has 3 aromatic rings. The number of para-hydroxylation sites is 1. The molecule has 4 rings (SSSR count). The first-order valence-corrected chi connectivity index (χ1v) is 9.25. The summed E-state index contributed by atoms with van der Waals surface area (Å²) in [6.45, 7) is 2.81. The molecule has 0 unspecified atom stereocenters. The number of oxazole rings is 1. The van der Waals surface area contributed by atoms with Gasteiger partial charge >= 0.3 is 5.91 Å². The molecule has 0 saturated heterocycles. The van der Waals surface area contributed by atoms with Gasteiger partial charge in [-0.25, -0.2) is 4.98 Å². The smallest absolute Gasteiger partial charge is 0.311 e. The predicted molar refractivity (Wildman–Crippen MR) is 97.9 cm³/mol. The second kappa shape index (κ2) is 7.21. The third-order valence-electron chi connectivity index (χ3n) is 4.28. The monoisotopic (exact) mass is 353 g/mol. The molecule has 5 nitrogen and oxygen atoms in total. The largest absolute Gasteiger partial charge is 0.437 e. The summed E-state index contributed by atoms with van der Waals surface area (Å²) in [7, 11) is 0. The van der Waals surface area contributed by atoms with Gasteiger partial charge in [0, 0.05) is 43.0 Å². The van der Waals surface area contributed by atoms with Gasteiger partial charge in [-0.15, -0.1) is 11.3 Å². The predicted octanol–water partition coefficient (Wildman–Crippen LogP) is 3.59. The van der Waals surface area contributed by atoms with Gasteiger partial charge in [0.05, 0.1) is 5.69 Å². The number of hydrogen-bond acceptors (Lipinski definition) is 5. The highest BCUT2D eigenvalue weighted by Crippen LogP contribution is 2.20. The number of benzene rings is 1. The molecule has 0 fully saturated rings. The van der Waals surface area contributed by atoms with E-state index in [0.29, 0.717) is 0 Å². The number of rotatable bonds is 4. The van der Waals surface area contributed by atoms with Crippen molar-refractivity contribution in [1.29, 1.82) is 0 Å². The molecule has 128 valence electrons. The Labute approximate surface area is 150 Å². The lowest BCUT2D eigenvalue weighted by molar-refractivity contribution is 0.0988. The lowest BCUT2D eigenvalue weighted by Crippen LogP contribution is -2.25. The van der Waals surface area contributed by atoms with Crippen LogP contribution in [0.5, 0.6) is 0 Å². The van der Waals surface area contributed by atoms with Crippen LogP contribution in [0.15, 0.2) is 52.3 Å². The maximum absolute atomic E-state index is 12.3. The van der Waals surface area contributed by atoms with Crippen molar-refractivity contribution >= 4 is 22.9 Å². The Balaban J connectivity index is 1.41. The van der Waals surface area contributed by atoms with Crippen molar-refractivity contribution in [2.45, 2.75) is 19.4 Å².